The van der Waals surface area contributed by atoms with E-state index in [1.165, 1.54) is 0 Å². The highest BCUT2D eigenvalue weighted by atomic mass is 16.6. The van der Waals surface area contributed by atoms with Gasteiger partial charge in [-0.05, 0) is 37.1 Å². The van der Waals surface area contributed by atoms with Crippen molar-refractivity contribution in [1.29, 1.82) is 0 Å². The van der Waals surface area contributed by atoms with Crippen LogP contribution in [0, 0.1) is 6.92 Å². The predicted molar refractivity (Wildman–Crippen MR) is 82.9 cm³/mol. The van der Waals surface area contributed by atoms with Crippen molar-refractivity contribution in [2.24, 2.45) is 0 Å². The topological polar surface area (TPSA) is 59.6 Å². The Morgan fingerprint density at radius 2 is 2.24 bits per heavy atom. The number of hydrogen-bond acceptors (Lipinski definition) is 4. The molecule has 1 fully saturated rings. The summed E-state index contributed by atoms with van der Waals surface area (Å²) >= 11 is 0. The third-order valence-electron chi connectivity index (χ3n) is 3.43. The van der Waals surface area contributed by atoms with Gasteiger partial charge in [-0.15, -0.1) is 0 Å². The first kappa shape index (κ1) is 15.8. The summed E-state index contributed by atoms with van der Waals surface area (Å²) in [5, 5.41) is 6.24. The van der Waals surface area contributed by atoms with Crippen molar-refractivity contribution in [1.82, 2.24) is 5.32 Å². The van der Waals surface area contributed by atoms with Crippen LogP contribution in [-0.2, 0) is 9.47 Å². The lowest BCUT2D eigenvalue weighted by Crippen LogP contribution is -2.39. The van der Waals surface area contributed by atoms with E-state index in [0.29, 0.717) is 31.9 Å². The Balaban J connectivity index is 1.88. The van der Waals surface area contributed by atoms with E-state index in [0.717, 1.165) is 24.2 Å². The van der Waals surface area contributed by atoms with E-state index in [-0.39, 0.29) is 12.0 Å². The minimum absolute atomic E-state index is 0.0470. The van der Waals surface area contributed by atoms with E-state index in [2.05, 4.69) is 17.6 Å². The SMILES string of the molecule is CCCNc1ccc(C(=O)NCC2COCCO2)cc1C. The molecule has 1 unspecified atom stereocenters. The molecular weight excluding hydrogens is 268 g/mol. The minimum Gasteiger partial charge on any atom is -0.385 e. The molecule has 1 aromatic rings. The molecule has 0 aliphatic carbocycles. The molecule has 1 atom stereocenters. The first-order valence-corrected chi connectivity index (χ1v) is 7.52. The van der Waals surface area contributed by atoms with Gasteiger partial charge in [0.25, 0.3) is 5.91 Å². The minimum atomic E-state index is -0.0747. The molecule has 21 heavy (non-hydrogen) atoms. The number of benzene rings is 1. The number of carbonyl (C=O) groups excluding carboxylic acids is 1. The Morgan fingerprint density at radius 1 is 1.38 bits per heavy atom. The summed E-state index contributed by atoms with van der Waals surface area (Å²) in [4.78, 5) is 12.1. The lowest BCUT2D eigenvalue weighted by atomic mass is 10.1. The summed E-state index contributed by atoms with van der Waals surface area (Å²) in [6.07, 6.45) is 1.03. The highest BCUT2D eigenvalue weighted by Gasteiger charge is 2.16. The largest absolute Gasteiger partial charge is 0.385 e. The van der Waals surface area contributed by atoms with Crippen LogP contribution in [0.2, 0.25) is 0 Å². The van der Waals surface area contributed by atoms with Crippen LogP contribution in [0.4, 0.5) is 5.69 Å². The lowest BCUT2D eigenvalue weighted by Gasteiger charge is -2.23. The molecule has 0 saturated carbocycles. The highest BCUT2D eigenvalue weighted by molar-refractivity contribution is 5.94. The van der Waals surface area contributed by atoms with Crippen molar-refractivity contribution in [3.8, 4) is 0 Å². The van der Waals surface area contributed by atoms with Crippen molar-refractivity contribution >= 4 is 11.6 Å². The molecule has 1 saturated heterocycles. The van der Waals surface area contributed by atoms with Crippen LogP contribution in [0.1, 0.15) is 29.3 Å². The number of rotatable bonds is 6. The first-order chi connectivity index (χ1) is 10.2. The van der Waals surface area contributed by atoms with E-state index in [1.807, 2.05) is 25.1 Å². The van der Waals surface area contributed by atoms with Crippen molar-refractivity contribution in [2.45, 2.75) is 26.4 Å². The molecule has 0 spiro atoms. The number of ether oxygens (including phenoxy) is 2. The van der Waals surface area contributed by atoms with Crippen LogP contribution in [0.5, 0.6) is 0 Å². The smallest absolute Gasteiger partial charge is 0.251 e. The van der Waals surface area contributed by atoms with Gasteiger partial charge in [0.15, 0.2) is 0 Å². The number of anilines is 1. The molecule has 5 nitrogen and oxygen atoms in total. The summed E-state index contributed by atoms with van der Waals surface area (Å²) in [5.41, 5.74) is 2.83. The quantitative estimate of drug-likeness (QED) is 0.841. The fraction of sp³-hybridized carbons (Fsp3) is 0.562. The molecule has 0 bridgehead atoms. The summed E-state index contributed by atoms with van der Waals surface area (Å²) in [6, 6.07) is 5.71. The van der Waals surface area contributed by atoms with Crippen LogP contribution in [0.15, 0.2) is 18.2 Å². The van der Waals surface area contributed by atoms with Crippen LogP contribution < -0.4 is 10.6 Å². The van der Waals surface area contributed by atoms with E-state index in [9.17, 15) is 4.79 Å². The number of hydrogen-bond donors (Lipinski definition) is 2. The molecule has 1 aliphatic heterocycles. The normalized spacial score (nSPS) is 18.3. The van der Waals surface area contributed by atoms with Gasteiger partial charge >= 0.3 is 0 Å². The van der Waals surface area contributed by atoms with E-state index in [4.69, 9.17) is 9.47 Å². The summed E-state index contributed by atoms with van der Waals surface area (Å²) < 4.78 is 10.8. The zero-order valence-electron chi connectivity index (χ0n) is 12.8. The zero-order valence-corrected chi connectivity index (χ0v) is 12.8. The van der Waals surface area contributed by atoms with Gasteiger partial charge in [0.05, 0.1) is 25.9 Å². The molecule has 5 heteroatoms. The maximum atomic E-state index is 12.1. The molecular formula is C16H24N2O3. The Bertz CT molecular complexity index is 471. The Morgan fingerprint density at radius 3 is 2.90 bits per heavy atom. The molecule has 2 N–H and O–H groups in total. The molecule has 1 heterocycles. The highest BCUT2D eigenvalue weighted by Crippen LogP contribution is 2.16. The maximum absolute atomic E-state index is 12.1. The third-order valence-corrected chi connectivity index (χ3v) is 3.43. The van der Waals surface area contributed by atoms with Gasteiger partial charge in [0.1, 0.15) is 0 Å². The standard InChI is InChI=1S/C16H24N2O3/c1-3-6-17-15-5-4-13(9-12(15)2)16(19)18-10-14-11-20-7-8-21-14/h4-5,9,14,17H,3,6-8,10-11H2,1-2H3,(H,18,19). The number of nitrogens with one attached hydrogen (secondary N) is 2. The van der Waals surface area contributed by atoms with Crippen LogP contribution in [0.25, 0.3) is 0 Å². The lowest BCUT2D eigenvalue weighted by molar-refractivity contribution is -0.0855. The van der Waals surface area contributed by atoms with Gasteiger partial charge in [-0.3, -0.25) is 4.79 Å². The van der Waals surface area contributed by atoms with Gasteiger partial charge in [-0.25, -0.2) is 0 Å². The van der Waals surface area contributed by atoms with Gasteiger partial charge < -0.3 is 20.1 Å². The average molecular weight is 292 g/mol. The van der Waals surface area contributed by atoms with Crippen molar-refractivity contribution in [2.75, 3.05) is 38.2 Å². The van der Waals surface area contributed by atoms with E-state index < -0.39 is 0 Å². The Hall–Kier alpha value is -1.59. The van der Waals surface area contributed by atoms with Crippen LogP contribution in [0.3, 0.4) is 0 Å². The molecule has 2 rings (SSSR count). The molecule has 0 radical (unpaired) electrons. The summed E-state index contributed by atoms with van der Waals surface area (Å²) in [7, 11) is 0. The number of carbonyl (C=O) groups is 1. The molecule has 116 valence electrons. The van der Waals surface area contributed by atoms with Gasteiger partial charge in [-0.1, -0.05) is 6.92 Å². The third kappa shape index (κ3) is 4.72. The second kappa shape index (κ2) is 8.00. The van der Waals surface area contributed by atoms with Crippen molar-refractivity contribution in [3.05, 3.63) is 29.3 Å². The number of aryl methyl sites for hydroxylation is 1. The molecule has 1 aliphatic rings. The average Bonchev–Trinajstić information content (AvgIpc) is 2.52. The van der Waals surface area contributed by atoms with Crippen LogP contribution in [-0.4, -0.2) is 44.9 Å². The second-order valence-electron chi connectivity index (χ2n) is 5.23. The van der Waals surface area contributed by atoms with E-state index >= 15 is 0 Å². The number of amides is 1. The van der Waals surface area contributed by atoms with Gasteiger partial charge in [0.2, 0.25) is 0 Å². The van der Waals surface area contributed by atoms with Gasteiger partial charge in [0, 0.05) is 24.3 Å². The zero-order chi connectivity index (χ0) is 15.1. The molecule has 1 amide bonds. The second-order valence-corrected chi connectivity index (χ2v) is 5.23. The van der Waals surface area contributed by atoms with Crippen molar-refractivity contribution < 1.29 is 14.3 Å². The monoisotopic (exact) mass is 292 g/mol. The van der Waals surface area contributed by atoms with Gasteiger partial charge in [-0.2, -0.15) is 0 Å². The Labute approximate surface area is 126 Å². The maximum Gasteiger partial charge on any atom is 0.251 e. The Kier molecular flexibility index (Phi) is 6.02. The molecule has 0 aromatic heterocycles. The predicted octanol–water partition coefficient (Wildman–Crippen LogP) is 1.96. The van der Waals surface area contributed by atoms with Crippen LogP contribution >= 0.6 is 0 Å². The first-order valence-electron chi connectivity index (χ1n) is 7.52. The van der Waals surface area contributed by atoms with Crippen molar-refractivity contribution in [3.63, 3.8) is 0 Å². The summed E-state index contributed by atoms with van der Waals surface area (Å²) in [6.45, 7) is 7.32. The summed E-state index contributed by atoms with van der Waals surface area (Å²) in [5.74, 6) is -0.0747. The molecule has 1 aromatic carbocycles. The van der Waals surface area contributed by atoms with E-state index in [1.54, 1.807) is 0 Å². The fourth-order valence-corrected chi connectivity index (χ4v) is 2.23. The fourth-order valence-electron chi connectivity index (χ4n) is 2.23.